The topological polar surface area (TPSA) is 41.4 Å². The van der Waals surface area contributed by atoms with Gasteiger partial charge in [0.25, 0.3) is 0 Å². The van der Waals surface area contributed by atoms with Crippen LogP contribution >= 0.6 is 34.3 Å². The first-order valence-electron chi connectivity index (χ1n) is 8.80. The lowest BCUT2D eigenvalue weighted by Crippen LogP contribution is -2.18. The summed E-state index contributed by atoms with van der Waals surface area (Å²) in [4.78, 5) is 10.2. The van der Waals surface area contributed by atoms with Gasteiger partial charge in [0, 0.05) is 34.8 Å². The van der Waals surface area contributed by atoms with Crippen molar-refractivity contribution in [2.24, 2.45) is 5.10 Å². The molecule has 0 bridgehead atoms. The second-order valence-electron chi connectivity index (χ2n) is 6.39. The number of anilines is 1. The Hall–Kier alpha value is -2.54. The van der Waals surface area contributed by atoms with Gasteiger partial charge in [-0.25, -0.2) is 9.99 Å². The third kappa shape index (κ3) is 3.35. The van der Waals surface area contributed by atoms with Gasteiger partial charge in [-0.1, -0.05) is 29.8 Å². The van der Waals surface area contributed by atoms with Gasteiger partial charge in [0.15, 0.2) is 0 Å². The summed E-state index contributed by atoms with van der Waals surface area (Å²) in [6.45, 7) is 0. The van der Waals surface area contributed by atoms with Crippen molar-refractivity contribution in [2.75, 3.05) is 5.01 Å². The van der Waals surface area contributed by atoms with Crippen LogP contribution < -0.4 is 5.01 Å². The van der Waals surface area contributed by atoms with Gasteiger partial charge < -0.3 is 0 Å². The summed E-state index contributed by atoms with van der Waals surface area (Å²) < 4.78 is 0. The molecule has 1 aliphatic rings. The minimum atomic E-state index is 0.115. The van der Waals surface area contributed by atoms with Crippen LogP contribution in [0.15, 0.2) is 76.8 Å². The van der Waals surface area contributed by atoms with Crippen molar-refractivity contribution < 1.29 is 0 Å². The van der Waals surface area contributed by atoms with Crippen LogP contribution in [0.2, 0.25) is 5.02 Å². The van der Waals surface area contributed by atoms with Crippen LogP contribution in [0.25, 0.3) is 11.3 Å². The summed E-state index contributed by atoms with van der Waals surface area (Å²) in [5.41, 5.74) is 4.27. The summed E-state index contributed by atoms with van der Waals surface area (Å²) in [5.74, 6) is 0. The maximum Gasteiger partial charge on any atom is 0.207 e. The molecule has 0 amide bonds. The smallest absolute Gasteiger partial charge is 0.207 e. The van der Waals surface area contributed by atoms with Gasteiger partial charge in [-0.05, 0) is 41.3 Å². The number of thiophene rings is 1. The van der Waals surface area contributed by atoms with E-state index >= 15 is 0 Å². The fourth-order valence-corrected chi connectivity index (χ4v) is 4.93. The molecule has 1 aliphatic heterocycles. The Balaban J connectivity index is 1.52. The molecule has 4 nitrogen and oxygen atoms in total. The van der Waals surface area contributed by atoms with Crippen LogP contribution in [-0.4, -0.2) is 15.7 Å². The van der Waals surface area contributed by atoms with E-state index in [1.807, 2.05) is 36.7 Å². The highest BCUT2D eigenvalue weighted by atomic mass is 35.5. The Morgan fingerprint density at radius 2 is 1.82 bits per heavy atom. The molecular weight excluding hydrogens is 408 g/mol. The number of halogens is 1. The Morgan fingerprint density at radius 1 is 1.00 bits per heavy atom. The van der Waals surface area contributed by atoms with Gasteiger partial charge in [-0.2, -0.15) is 5.10 Å². The lowest BCUT2D eigenvalue weighted by atomic mass is 10.0. The average molecular weight is 423 g/mol. The van der Waals surface area contributed by atoms with Gasteiger partial charge in [0.1, 0.15) is 0 Å². The van der Waals surface area contributed by atoms with E-state index in [4.69, 9.17) is 21.7 Å². The monoisotopic (exact) mass is 422 g/mol. The van der Waals surface area contributed by atoms with E-state index in [0.29, 0.717) is 0 Å². The summed E-state index contributed by atoms with van der Waals surface area (Å²) in [6, 6.07) is 16.2. The predicted molar refractivity (Wildman–Crippen MR) is 117 cm³/mol. The van der Waals surface area contributed by atoms with Crippen molar-refractivity contribution in [3.05, 3.63) is 87.1 Å². The number of nitrogens with zero attached hydrogens (tertiary/aromatic N) is 4. The summed E-state index contributed by atoms with van der Waals surface area (Å²) in [6.07, 6.45) is 4.51. The van der Waals surface area contributed by atoms with Crippen molar-refractivity contribution in [1.29, 1.82) is 0 Å². The fourth-order valence-electron chi connectivity index (χ4n) is 3.25. The van der Waals surface area contributed by atoms with Crippen LogP contribution in [0.1, 0.15) is 22.9 Å². The van der Waals surface area contributed by atoms with Crippen LogP contribution in [0.3, 0.4) is 0 Å². The molecule has 5 rings (SSSR count). The molecule has 1 atom stereocenters. The van der Waals surface area contributed by atoms with E-state index in [-0.39, 0.29) is 6.04 Å². The van der Waals surface area contributed by atoms with Crippen LogP contribution in [0, 0.1) is 0 Å². The van der Waals surface area contributed by atoms with Crippen LogP contribution in [0.4, 0.5) is 5.13 Å². The van der Waals surface area contributed by atoms with Crippen molar-refractivity contribution in [2.45, 2.75) is 12.5 Å². The molecule has 1 aromatic carbocycles. The highest BCUT2D eigenvalue weighted by Gasteiger charge is 2.32. The van der Waals surface area contributed by atoms with Gasteiger partial charge in [0.2, 0.25) is 5.13 Å². The number of aromatic nitrogens is 2. The molecule has 3 aromatic heterocycles. The van der Waals surface area contributed by atoms with E-state index in [1.54, 1.807) is 22.7 Å². The first-order chi connectivity index (χ1) is 13.8. The number of pyridine rings is 1. The SMILES string of the molecule is Clc1ccc(-c2csc(N3N=C(c4cccs4)C[C@H]3c3ccncc3)n2)cc1. The van der Waals surface area contributed by atoms with Crippen molar-refractivity contribution >= 4 is 45.1 Å². The summed E-state index contributed by atoms with van der Waals surface area (Å²) in [5, 5.41) is 12.8. The quantitative estimate of drug-likeness (QED) is 0.389. The first-order valence-corrected chi connectivity index (χ1v) is 10.9. The molecule has 0 saturated heterocycles. The Labute approximate surface area is 175 Å². The van der Waals surface area contributed by atoms with Crippen molar-refractivity contribution in [3.8, 4) is 11.3 Å². The van der Waals surface area contributed by atoms with Gasteiger partial charge in [-0.3, -0.25) is 4.98 Å². The molecule has 4 aromatic rings. The fraction of sp³-hybridized carbons (Fsp3) is 0.0952. The van der Waals surface area contributed by atoms with E-state index in [2.05, 4.69) is 45.0 Å². The number of rotatable bonds is 4. The minimum Gasteiger partial charge on any atom is -0.265 e. The largest absolute Gasteiger partial charge is 0.265 e. The number of hydrazone groups is 1. The van der Waals surface area contributed by atoms with E-state index < -0.39 is 0 Å². The highest BCUT2D eigenvalue weighted by Crippen LogP contribution is 2.39. The Kier molecular flexibility index (Phi) is 4.68. The molecular formula is C21H15ClN4S2. The summed E-state index contributed by atoms with van der Waals surface area (Å²) >= 11 is 9.34. The average Bonchev–Trinajstić information content (AvgIpc) is 3.48. The molecule has 0 fully saturated rings. The molecule has 0 radical (unpaired) electrons. The maximum absolute atomic E-state index is 6.01. The molecule has 7 heteroatoms. The normalized spacial score (nSPS) is 16.4. The minimum absolute atomic E-state index is 0.115. The molecule has 0 saturated carbocycles. The number of hydrogen-bond acceptors (Lipinski definition) is 6. The second-order valence-corrected chi connectivity index (χ2v) is 8.61. The first kappa shape index (κ1) is 17.6. The summed E-state index contributed by atoms with van der Waals surface area (Å²) in [7, 11) is 0. The Bertz CT molecular complexity index is 1110. The number of benzene rings is 1. The second kappa shape index (κ2) is 7.47. The number of thiazole rings is 1. The molecule has 0 spiro atoms. The van der Waals surface area contributed by atoms with Gasteiger partial charge >= 0.3 is 0 Å². The van der Waals surface area contributed by atoms with Crippen LogP contribution in [-0.2, 0) is 0 Å². The zero-order chi connectivity index (χ0) is 18.9. The van der Waals surface area contributed by atoms with E-state index in [0.717, 1.165) is 33.5 Å². The lowest BCUT2D eigenvalue weighted by molar-refractivity contribution is 0.705. The molecule has 28 heavy (non-hydrogen) atoms. The standard InChI is InChI=1S/C21H15ClN4S2/c22-16-5-3-14(4-6-16)18-13-28-21(24-18)26-19(15-7-9-23-10-8-15)12-17(25-26)20-2-1-11-27-20/h1-11,13,19H,12H2/t19-/m0/s1. The molecule has 0 aliphatic carbocycles. The van der Waals surface area contributed by atoms with E-state index in [1.165, 1.54) is 10.4 Å². The van der Waals surface area contributed by atoms with E-state index in [9.17, 15) is 0 Å². The van der Waals surface area contributed by atoms with Crippen molar-refractivity contribution in [1.82, 2.24) is 9.97 Å². The van der Waals surface area contributed by atoms with Gasteiger partial charge in [-0.15, -0.1) is 22.7 Å². The predicted octanol–water partition coefficient (Wildman–Crippen LogP) is 6.28. The number of hydrogen-bond donors (Lipinski definition) is 0. The molecule has 0 unspecified atom stereocenters. The zero-order valence-electron chi connectivity index (χ0n) is 14.7. The molecule has 138 valence electrons. The third-order valence-corrected chi connectivity index (χ3v) is 6.64. The molecule has 0 N–H and O–H groups in total. The molecule has 4 heterocycles. The van der Waals surface area contributed by atoms with Crippen molar-refractivity contribution in [3.63, 3.8) is 0 Å². The zero-order valence-corrected chi connectivity index (χ0v) is 17.1. The highest BCUT2D eigenvalue weighted by molar-refractivity contribution is 7.14. The van der Waals surface area contributed by atoms with Gasteiger partial charge in [0.05, 0.1) is 22.3 Å². The maximum atomic E-state index is 6.01. The Morgan fingerprint density at radius 3 is 2.57 bits per heavy atom. The lowest BCUT2D eigenvalue weighted by Gasteiger charge is -2.20. The third-order valence-electron chi connectivity index (χ3n) is 4.63. The van der Waals surface area contributed by atoms with Crippen LogP contribution in [0.5, 0.6) is 0 Å².